The summed E-state index contributed by atoms with van der Waals surface area (Å²) in [6.07, 6.45) is 0. The molecule has 0 bridgehead atoms. The number of benzene rings is 1. The summed E-state index contributed by atoms with van der Waals surface area (Å²) in [6.45, 7) is 13.2. The van der Waals surface area contributed by atoms with Crippen molar-refractivity contribution < 1.29 is 26.6 Å². The molecule has 0 heterocycles. The summed E-state index contributed by atoms with van der Waals surface area (Å²) >= 11 is 0. The maximum Gasteiger partial charge on any atom is 0.397 e. The highest BCUT2D eigenvalue weighted by Crippen LogP contribution is 2.12. The minimum atomic E-state index is -4.65. The van der Waals surface area contributed by atoms with Gasteiger partial charge in [-0.1, -0.05) is 0 Å². The molecule has 0 saturated heterocycles. The van der Waals surface area contributed by atoms with Crippen molar-refractivity contribution in [3.8, 4) is 23.6 Å². The Bertz CT molecular complexity index is 1070. The number of nitrogens with zero attached hydrogens (tertiary/aromatic N) is 4. The van der Waals surface area contributed by atoms with Gasteiger partial charge in [-0.2, -0.15) is 8.42 Å². The van der Waals surface area contributed by atoms with E-state index in [1.807, 2.05) is 0 Å². The molecule has 0 fully saturated rings. The van der Waals surface area contributed by atoms with Gasteiger partial charge in [-0.25, -0.2) is 24.4 Å². The third-order valence-electron chi connectivity index (χ3n) is 2.82. The number of methoxy groups -OCH3 is 1. The second-order valence-corrected chi connectivity index (χ2v) is 5.38. The Kier molecular flexibility index (Phi) is 7.09. The van der Waals surface area contributed by atoms with Crippen LogP contribution in [0.5, 0.6) is 11.5 Å². The molecular formula is C15H10N4O6S. The number of rotatable bonds is 6. The Morgan fingerprint density at radius 3 is 2.04 bits per heavy atom. The molecule has 0 amide bonds. The number of hydrogen-bond acceptors (Lipinski definition) is 7. The van der Waals surface area contributed by atoms with E-state index in [4.69, 9.17) is 37.7 Å². The molecule has 0 aliphatic carbocycles. The highest BCUT2D eigenvalue weighted by Gasteiger charge is 2.11. The smallest absolute Gasteiger partial charge is 0.397 e. The van der Waals surface area contributed by atoms with Crippen LogP contribution < -0.4 is 19.9 Å². The fraction of sp³-hybridized carbons (Fsp3) is 0.200. The summed E-state index contributed by atoms with van der Waals surface area (Å²) in [6, 6.07) is 5.85. The third-order valence-corrected chi connectivity index (χ3v) is 3.29. The van der Waals surface area contributed by atoms with Gasteiger partial charge in [0, 0.05) is 10.4 Å². The number of nitriles is 2. The van der Waals surface area contributed by atoms with Crippen molar-refractivity contribution in [2.24, 2.45) is 0 Å². The zero-order valence-electron chi connectivity index (χ0n) is 13.3. The molecule has 0 atom stereocenters. The highest BCUT2D eigenvalue weighted by molar-refractivity contribution is 7.80. The molecule has 0 radical (unpaired) electrons. The summed E-state index contributed by atoms with van der Waals surface area (Å²) in [5, 5.41) is 18.2. The molecule has 132 valence electrons. The lowest BCUT2D eigenvalue weighted by atomic mass is 10.1. The average molecular weight is 374 g/mol. The predicted molar refractivity (Wildman–Crippen MR) is 86.5 cm³/mol. The van der Waals surface area contributed by atoms with E-state index in [1.165, 1.54) is 19.2 Å². The second kappa shape index (κ2) is 9.03. The van der Waals surface area contributed by atoms with Gasteiger partial charge in [0.15, 0.2) is 0 Å². The van der Waals surface area contributed by atoms with Crippen LogP contribution in [0, 0.1) is 35.8 Å². The van der Waals surface area contributed by atoms with Gasteiger partial charge in [-0.15, -0.1) is 0 Å². The van der Waals surface area contributed by atoms with Crippen LogP contribution in [0.15, 0.2) is 12.1 Å². The van der Waals surface area contributed by atoms with Crippen molar-refractivity contribution in [3.05, 3.63) is 45.4 Å². The first kappa shape index (κ1) is 20.4. The lowest BCUT2D eigenvalue weighted by molar-refractivity contribution is 0.200. The van der Waals surface area contributed by atoms with Gasteiger partial charge in [-0.05, 0) is 12.1 Å². The Morgan fingerprint density at radius 2 is 1.62 bits per heavy atom. The Balaban J connectivity index is 3.59. The summed E-state index contributed by atoms with van der Waals surface area (Å²) < 4.78 is 44.0. The molecule has 0 aliphatic rings. The fourth-order valence-electron chi connectivity index (χ4n) is 1.80. The van der Waals surface area contributed by atoms with Crippen LogP contribution in [0.2, 0.25) is 0 Å². The van der Waals surface area contributed by atoms with E-state index in [1.54, 1.807) is 12.1 Å². The first-order valence-electron chi connectivity index (χ1n) is 6.57. The van der Waals surface area contributed by atoms with Crippen LogP contribution in [0.1, 0.15) is 0 Å². The van der Waals surface area contributed by atoms with Crippen LogP contribution in [0.25, 0.3) is 21.1 Å². The molecule has 1 rings (SSSR count). The van der Waals surface area contributed by atoms with Gasteiger partial charge in [0.2, 0.25) is 0 Å². The molecule has 0 aliphatic heterocycles. The molecule has 0 unspecified atom stereocenters. The minimum absolute atomic E-state index is 0.0252. The maximum atomic E-state index is 10.5. The second-order valence-electron chi connectivity index (χ2n) is 4.29. The van der Waals surface area contributed by atoms with Crippen LogP contribution >= 0.6 is 0 Å². The first-order valence-corrected chi connectivity index (χ1v) is 7.94. The molecule has 26 heavy (non-hydrogen) atoms. The van der Waals surface area contributed by atoms with Gasteiger partial charge < -0.3 is 9.47 Å². The Labute approximate surface area is 149 Å². The molecule has 1 aromatic rings. The van der Waals surface area contributed by atoms with Crippen molar-refractivity contribution in [1.82, 2.24) is 0 Å². The van der Waals surface area contributed by atoms with E-state index in [0.717, 1.165) is 0 Å². The van der Waals surface area contributed by atoms with Crippen LogP contribution in [0.4, 0.5) is 0 Å². The lowest BCUT2D eigenvalue weighted by Gasteiger charge is -2.10. The van der Waals surface area contributed by atoms with E-state index in [2.05, 4.69) is 13.9 Å². The van der Waals surface area contributed by atoms with Crippen LogP contribution in [-0.2, 0) is 14.6 Å². The molecule has 0 aromatic heterocycles. The van der Waals surface area contributed by atoms with Crippen molar-refractivity contribution in [3.63, 3.8) is 0 Å². The zero-order chi connectivity index (χ0) is 19.7. The van der Waals surface area contributed by atoms with Gasteiger partial charge in [-0.3, -0.25) is 4.55 Å². The van der Waals surface area contributed by atoms with E-state index in [9.17, 15) is 8.42 Å². The topological polar surface area (TPSA) is 138 Å². The van der Waals surface area contributed by atoms with Gasteiger partial charge in [0.1, 0.15) is 24.7 Å². The minimum Gasteiger partial charge on any atom is -0.497 e. The standard InChI is InChI=1S/C15H10N4O6S/c1-18-12(8-16)10-7-15(24-4-5-25-26(20,21)22)11(6-14(10)23-3)13(9-17)19-2/h6-7H,4-5H2,3H3,(H,20,21,22)/b12-10-,13-11+. The molecular weight excluding hydrogens is 364 g/mol. The molecule has 0 saturated carbocycles. The number of hydrogen-bond donors (Lipinski definition) is 1. The highest BCUT2D eigenvalue weighted by atomic mass is 32.3. The predicted octanol–water partition coefficient (Wildman–Crippen LogP) is -0.00446. The van der Waals surface area contributed by atoms with E-state index in [-0.39, 0.29) is 39.9 Å². The van der Waals surface area contributed by atoms with Crippen molar-refractivity contribution in [2.45, 2.75) is 0 Å². The van der Waals surface area contributed by atoms with Crippen molar-refractivity contribution >= 4 is 21.8 Å². The SMILES string of the molecule is [C-]#[N+]/C(C#N)=c1/cc(OCCOS(=O)(=O)O)/c(=C(\C#N)[N+]#[C-])cc1OC. The van der Waals surface area contributed by atoms with E-state index in [0.29, 0.717) is 0 Å². The van der Waals surface area contributed by atoms with Crippen LogP contribution in [-0.4, -0.2) is 33.3 Å². The average Bonchev–Trinajstić information content (AvgIpc) is 2.61. The summed E-state index contributed by atoms with van der Waals surface area (Å²) in [4.78, 5) is 6.14. The molecule has 0 spiro atoms. The maximum absolute atomic E-state index is 10.5. The quantitative estimate of drug-likeness (QED) is 0.417. The van der Waals surface area contributed by atoms with E-state index < -0.39 is 17.0 Å². The first-order chi connectivity index (χ1) is 12.3. The van der Waals surface area contributed by atoms with Gasteiger partial charge in [0.05, 0.1) is 32.4 Å². The molecule has 1 aromatic carbocycles. The van der Waals surface area contributed by atoms with Gasteiger partial charge >= 0.3 is 10.4 Å². The Hall–Kier alpha value is -3.61. The summed E-state index contributed by atoms with van der Waals surface area (Å²) in [7, 11) is -3.36. The monoisotopic (exact) mass is 374 g/mol. The lowest BCUT2D eigenvalue weighted by Crippen LogP contribution is -2.21. The number of ether oxygens (including phenoxy) is 2. The fourth-order valence-corrected chi connectivity index (χ4v) is 2.08. The normalized spacial score (nSPS) is 12.5. The van der Waals surface area contributed by atoms with Crippen molar-refractivity contribution in [1.29, 1.82) is 10.5 Å². The molecule has 11 heteroatoms. The molecule has 10 nitrogen and oxygen atoms in total. The zero-order valence-corrected chi connectivity index (χ0v) is 14.1. The Morgan fingerprint density at radius 1 is 1.12 bits per heavy atom. The summed E-state index contributed by atoms with van der Waals surface area (Å²) in [5.74, 6) is 0.00849. The third kappa shape index (κ3) is 5.20. The van der Waals surface area contributed by atoms with Crippen molar-refractivity contribution in [2.75, 3.05) is 20.3 Å². The molecule has 1 N–H and O–H groups in total. The van der Waals surface area contributed by atoms with Gasteiger partial charge in [0.25, 0.3) is 11.4 Å². The van der Waals surface area contributed by atoms with Crippen LogP contribution in [0.3, 0.4) is 0 Å². The summed E-state index contributed by atoms with van der Waals surface area (Å²) in [5.41, 5.74) is -0.657. The van der Waals surface area contributed by atoms with E-state index >= 15 is 0 Å². The largest absolute Gasteiger partial charge is 0.497 e.